The summed E-state index contributed by atoms with van der Waals surface area (Å²) >= 11 is 6.43. The fourth-order valence-electron chi connectivity index (χ4n) is 4.25. The summed E-state index contributed by atoms with van der Waals surface area (Å²) in [5.41, 5.74) is 1.47. The second kappa shape index (κ2) is 14.7. The van der Waals surface area contributed by atoms with Gasteiger partial charge in [-0.1, -0.05) is 11.6 Å². The van der Waals surface area contributed by atoms with Crippen molar-refractivity contribution in [2.24, 2.45) is 0 Å². The van der Waals surface area contributed by atoms with Crippen LogP contribution in [0.5, 0.6) is 23.0 Å². The van der Waals surface area contributed by atoms with E-state index in [9.17, 15) is 9.59 Å². The highest BCUT2D eigenvalue weighted by atomic mass is 35.5. The van der Waals surface area contributed by atoms with Crippen molar-refractivity contribution in [1.29, 1.82) is 0 Å². The van der Waals surface area contributed by atoms with Crippen molar-refractivity contribution < 1.29 is 33.3 Å². The van der Waals surface area contributed by atoms with E-state index in [1.165, 1.54) is 7.11 Å². The highest BCUT2D eigenvalue weighted by Crippen LogP contribution is 2.36. The molecule has 1 heterocycles. The van der Waals surface area contributed by atoms with Crippen molar-refractivity contribution >= 4 is 23.5 Å². The van der Waals surface area contributed by atoms with Gasteiger partial charge >= 0.3 is 5.97 Å². The molecule has 1 fully saturated rings. The largest absolute Gasteiger partial charge is 0.497 e. The van der Waals surface area contributed by atoms with Gasteiger partial charge in [-0.05, 0) is 63.4 Å². The number of hydrogen-bond acceptors (Lipinski definition) is 8. The number of halogens is 1. The van der Waals surface area contributed by atoms with Gasteiger partial charge in [0.05, 0.1) is 26.9 Å². The Morgan fingerprint density at radius 1 is 0.921 bits per heavy atom. The lowest BCUT2D eigenvalue weighted by Crippen LogP contribution is -2.44. The first-order valence-corrected chi connectivity index (χ1v) is 13.3. The number of carbonyl (C=O) groups excluding carboxylic acids is 2. The van der Waals surface area contributed by atoms with E-state index < -0.39 is 5.97 Å². The van der Waals surface area contributed by atoms with Crippen LogP contribution in [0.2, 0.25) is 5.02 Å². The van der Waals surface area contributed by atoms with E-state index in [1.54, 1.807) is 25.1 Å². The van der Waals surface area contributed by atoms with Crippen LogP contribution in [0.15, 0.2) is 30.3 Å². The first kappa shape index (κ1) is 29.4. The third kappa shape index (κ3) is 8.43. The molecule has 10 heteroatoms. The Morgan fingerprint density at radius 3 is 2.13 bits per heavy atom. The van der Waals surface area contributed by atoms with Crippen LogP contribution in [0.25, 0.3) is 0 Å². The lowest BCUT2D eigenvalue weighted by Gasteiger charge is -2.32. The normalized spacial score (nSPS) is 14.0. The Bertz CT molecular complexity index is 1060. The zero-order chi connectivity index (χ0) is 27.5. The van der Waals surface area contributed by atoms with Crippen LogP contribution in [-0.4, -0.2) is 69.4 Å². The summed E-state index contributed by atoms with van der Waals surface area (Å²) in [4.78, 5) is 27.0. The van der Waals surface area contributed by atoms with Crippen LogP contribution < -0.4 is 24.3 Å². The number of methoxy groups -OCH3 is 1. The van der Waals surface area contributed by atoms with E-state index >= 15 is 0 Å². The highest BCUT2D eigenvalue weighted by Gasteiger charge is 2.23. The van der Waals surface area contributed by atoms with Gasteiger partial charge in [0, 0.05) is 37.3 Å². The van der Waals surface area contributed by atoms with E-state index in [4.69, 9.17) is 35.3 Å². The second-order valence-corrected chi connectivity index (χ2v) is 9.16. The van der Waals surface area contributed by atoms with Gasteiger partial charge in [0.2, 0.25) is 0 Å². The molecule has 208 valence electrons. The molecule has 0 aromatic heterocycles. The van der Waals surface area contributed by atoms with E-state index in [-0.39, 0.29) is 25.2 Å². The average molecular weight is 549 g/mol. The number of hydrogen-bond donors (Lipinski definition) is 1. The van der Waals surface area contributed by atoms with Gasteiger partial charge < -0.3 is 29.0 Å². The van der Waals surface area contributed by atoms with Crippen molar-refractivity contribution in [3.05, 3.63) is 46.5 Å². The third-order valence-corrected chi connectivity index (χ3v) is 6.41. The summed E-state index contributed by atoms with van der Waals surface area (Å²) in [6.45, 7) is 9.02. The third-order valence-electron chi connectivity index (χ3n) is 6.03. The zero-order valence-electron chi connectivity index (χ0n) is 22.5. The number of nitrogens with one attached hydrogen (secondary N) is 1. The fourth-order valence-corrected chi connectivity index (χ4v) is 4.47. The van der Waals surface area contributed by atoms with Crippen LogP contribution in [0, 0.1) is 0 Å². The Balaban J connectivity index is 1.57. The Morgan fingerprint density at radius 2 is 1.55 bits per heavy atom. The van der Waals surface area contributed by atoms with Gasteiger partial charge in [-0.2, -0.15) is 0 Å². The molecule has 1 saturated heterocycles. The van der Waals surface area contributed by atoms with Gasteiger partial charge in [-0.3, -0.25) is 9.69 Å². The predicted octanol–water partition coefficient (Wildman–Crippen LogP) is 4.48. The number of amides is 1. The van der Waals surface area contributed by atoms with Crippen molar-refractivity contribution in [2.45, 2.75) is 46.2 Å². The van der Waals surface area contributed by atoms with E-state index in [1.807, 2.05) is 26.0 Å². The summed E-state index contributed by atoms with van der Waals surface area (Å²) in [6, 6.07) is 8.84. The van der Waals surface area contributed by atoms with Crippen molar-refractivity contribution in [3.63, 3.8) is 0 Å². The summed E-state index contributed by atoms with van der Waals surface area (Å²) in [6.07, 6.45) is 1.62. The van der Waals surface area contributed by atoms with Gasteiger partial charge in [0.15, 0.2) is 6.61 Å². The number of esters is 1. The van der Waals surface area contributed by atoms with Crippen LogP contribution in [0.1, 0.15) is 49.5 Å². The molecule has 1 aliphatic rings. The minimum Gasteiger partial charge on any atom is -0.497 e. The van der Waals surface area contributed by atoms with E-state index in [0.29, 0.717) is 46.8 Å². The van der Waals surface area contributed by atoms with Crippen LogP contribution >= 0.6 is 11.6 Å². The summed E-state index contributed by atoms with van der Waals surface area (Å²) in [7, 11) is 1.51. The van der Waals surface area contributed by atoms with Crippen LogP contribution in [0.3, 0.4) is 0 Å². The molecule has 0 spiro atoms. The van der Waals surface area contributed by atoms with Crippen LogP contribution in [-0.2, 0) is 16.1 Å². The molecule has 0 atom stereocenters. The predicted molar refractivity (Wildman–Crippen MR) is 145 cm³/mol. The molecule has 1 N–H and O–H groups in total. The van der Waals surface area contributed by atoms with Crippen molar-refractivity contribution in [3.8, 4) is 23.0 Å². The standard InChI is InChI=1S/C28H37ClN2O7/c1-5-35-24-12-19(13-25(27(24)29)36-6-2)17-31-10-8-21(9-11-31)30-28(33)20-14-22(34-4)16-23(15-20)38-18-26(32)37-7-3/h12-16,21H,5-11,17-18H2,1-4H3,(H,30,33). The Kier molecular flexibility index (Phi) is 11.4. The molecule has 2 aromatic rings. The number of likely N-dealkylation sites (tertiary alicyclic amines) is 1. The topological polar surface area (TPSA) is 95.6 Å². The minimum absolute atomic E-state index is 0.0389. The molecule has 0 radical (unpaired) electrons. The maximum absolute atomic E-state index is 13.0. The maximum Gasteiger partial charge on any atom is 0.344 e. The molecule has 0 saturated carbocycles. The smallest absolute Gasteiger partial charge is 0.344 e. The lowest BCUT2D eigenvalue weighted by molar-refractivity contribution is -0.145. The molecule has 1 amide bonds. The molecule has 1 aliphatic heterocycles. The molecule has 0 aliphatic carbocycles. The van der Waals surface area contributed by atoms with Gasteiger partial charge in [0.1, 0.15) is 28.0 Å². The lowest BCUT2D eigenvalue weighted by atomic mass is 10.0. The first-order valence-electron chi connectivity index (χ1n) is 12.9. The average Bonchev–Trinajstić information content (AvgIpc) is 2.91. The molecular weight excluding hydrogens is 512 g/mol. The van der Waals surface area contributed by atoms with E-state index in [2.05, 4.69) is 10.2 Å². The summed E-state index contributed by atoms with van der Waals surface area (Å²) < 4.78 is 27.1. The molecule has 0 unspecified atom stereocenters. The summed E-state index contributed by atoms with van der Waals surface area (Å²) in [5, 5.41) is 3.61. The number of benzene rings is 2. The van der Waals surface area contributed by atoms with Gasteiger partial charge in [0.25, 0.3) is 5.91 Å². The SMILES string of the molecule is CCOC(=O)COc1cc(OC)cc(C(=O)NC2CCN(Cc3cc(OCC)c(Cl)c(OCC)c3)CC2)c1. The monoisotopic (exact) mass is 548 g/mol. The number of nitrogens with zero attached hydrogens (tertiary/aromatic N) is 1. The molecule has 0 bridgehead atoms. The molecule has 3 rings (SSSR count). The van der Waals surface area contributed by atoms with Crippen LogP contribution in [0.4, 0.5) is 0 Å². The molecular formula is C28H37ClN2O7. The van der Waals surface area contributed by atoms with Crippen molar-refractivity contribution in [1.82, 2.24) is 10.2 Å². The fraction of sp³-hybridized carbons (Fsp3) is 0.500. The molecule has 9 nitrogen and oxygen atoms in total. The number of piperidine rings is 1. The van der Waals surface area contributed by atoms with Crippen molar-refractivity contribution in [2.75, 3.05) is 46.6 Å². The molecule has 38 heavy (non-hydrogen) atoms. The Hall–Kier alpha value is -3.17. The van der Waals surface area contributed by atoms with Gasteiger partial charge in [-0.25, -0.2) is 4.79 Å². The zero-order valence-corrected chi connectivity index (χ0v) is 23.3. The Labute approximate surface area is 229 Å². The second-order valence-electron chi connectivity index (χ2n) is 8.79. The maximum atomic E-state index is 13.0. The molecule has 2 aromatic carbocycles. The van der Waals surface area contributed by atoms with E-state index in [0.717, 1.165) is 38.0 Å². The minimum atomic E-state index is -0.477. The number of ether oxygens (including phenoxy) is 5. The van der Waals surface area contributed by atoms with Gasteiger partial charge in [-0.15, -0.1) is 0 Å². The number of rotatable bonds is 13. The number of carbonyl (C=O) groups is 2. The quantitative estimate of drug-likeness (QED) is 0.366. The highest BCUT2D eigenvalue weighted by molar-refractivity contribution is 6.33. The summed E-state index contributed by atoms with van der Waals surface area (Å²) in [5.74, 6) is 1.38. The first-order chi connectivity index (χ1) is 18.4.